The Hall–Kier alpha value is -2.46. The van der Waals surface area contributed by atoms with Gasteiger partial charge in [-0.3, -0.25) is 0 Å². The van der Waals surface area contributed by atoms with E-state index in [2.05, 4.69) is 0 Å². The van der Waals surface area contributed by atoms with Gasteiger partial charge >= 0.3 is 12.4 Å². The van der Waals surface area contributed by atoms with Gasteiger partial charge in [0.2, 0.25) is 0 Å². The quantitative estimate of drug-likeness (QED) is 0.266. The number of hydrogen-bond donors (Lipinski definition) is 3. The van der Waals surface area contributed by atoms with Crippen LogP contribution in [0.5, 0.6) is 5.75 Å². The molecule has 0 fully saturated rings. The highest BCUT2D eigenvalue weighted by atomic mass is 19.4. The zero-order chi connectivity index (χ0) is 23.9. The smallest absolute Gasteiger partial charge is 0.420 e. The second kappa shape index (κ2) is 10.9. The van der Waals surface area contributed by atoms with Gasteiger partial charge in [0.25, 0.3) is 0 Å². The second-order valence-electron chi connectivity index (χ2n) is 7.48. The summed E-state index contributed by atoms with van der Waals surface area (Å²) in [5, 5.41) is 18.2. The molecular formula is C22H25F6NO3. The Bertz CT molecular complexity index is 879. The third-order valence-corrected chi connectivity index (χ3v) is 4.95. The van der Waals surface area contributed by atoms with Crippen LogP contribution >= 0.6 is 0 Å². The molecule has 10 heteroatoms. The molecule has 0 spiro atoms. The summed E-state index contributed by atoms with van der Waals surface area (Å²) in [6.45, 7) is -0.740. The lowest BCUT2D eigenvalue weighted by atomic mass is 9.98. The molecule has 4 nitrogen and oxygen atoms in total. The first-order valence-electron chi connectivity index (χ1n) is 9.96. The molecule has 0 radical (unpaired) electrons. The fraction of sp³-hybridized carbons (Fsp3) is 0.455. The molecule has 0 atom stereocenters. The van der Waals surface area contributed by atoms with Crippen molar-refractivity contribution in [3.63, 3.8) is 0 Å². The number of alkyl halides is 6. The van der Waals surface area contributed by atoms with Gasteiger partial charge < -0.3 is 20.7 Å². The molecule has 4 N–H and O–H groups in total. The van der Waals surface area contributed by atoms with E-state index in [1.165, 1.54) is 18.2 Å². The van der Waals surface area contributed by atoms with Crippen molar-refractivity contribution in [3.8, 4) is 5.75 Å². The molecule has 32 heavy (non-hydrogen) atoms. The van der Waals surface area contributed by atoms with Crippen molar-refractivity contribution >= 4 is 5.69 Å². The average molecular weight is 465 g/mol. The number of benzene rings is 2. The van der Waals surface area contributed by atoms with Crippen LogP contribution in [-0.2, 0) is 25.2 Å². The van der Waals surface area contributed by atoms with Crippen LogP contribution in [0.3, 0.4) is 0 Å². The van der Waals surface area contributed by atoms with E-state index in [1.54, 1.807) is 0 Å². The van der Waals surface area contributed by atoms with Crippen molar-refractivity contribution < 1.29 is 41.3 Å². The lowest BCUT2D eigenvalue weighted by Crippen LogP contribution is -2.14. The summed E-state index contributed by atoms with van der Waals surface area (Å²) in [5.74, 6) is -0.969. The summed E-state index contributed by atoms with van der Waals surface area (Å²) >= 11 is 0. The van der Waals surface area contributed by atoms with E-state index >= 15 is 0 Å². The summed E-state index contributed by atoms with van der Waals surface area (Å²) in [6.07, 6.45) is -8.37. The molecule has 2 aromatic rings. The molecule has 0 aliphatic rings. The van der Waals surface area contributed by atoms with E-state index in [-0.39, 0.29) is 56.8 Å². The molecule has 178 valence electrons. The molecule has 0 saturated heterocycles. The molecule has 2 rings (SSSR count). The maximum atomic E-state index is 13.5. The number of aliphatic hydroxyl groups is 2. The van der Waals surface area contributed by atoms with E-state index in [4.69, 9.17) is 20.7 Å². The van der Waals surface area contributed by atoms with Crippen molar-refractivity contribution in [2.24, 2.45) is 5.92 Å². The Morgan fingerprint density at radius 3 is 2.16 bits per heavy atom. The number of anilines is 1. The summed E-state index contributed by atoms with van der Waals surface area (Å²) < 4.78 is 84.3. The van der Waals surface area contributed by atoms with Crippen LogP contribution in [-0.4, -0.2) is 30.0 Å². The molecule has 0 amide bonds. The van der Waals surface area contributed by atoms with Gasteiger partial charge in [0, 0.05) is 19.1 Å². The predicted molar refractivity (Wildman–Crippen MR) is 107 cm³/mol. The number of nitrogens with two attached hydrogens (primary N) is 1. The third-order valence-electron chi connectivity index (χ3n) is 4.95. The Labute approximate surface area is 181 Å². The van der Waals surface area contributed by atoms with Crippen molar-refractivity contribution in [2.75, 3.05) is 25.6 Å². The second-order valence-corrected chi connectivity index (χ2v) is 7.48. The van der Waals surface area contributed by atoms with E-state index in [0.29, 0.717) is 5.56 Å². The molecule has 0 saturated carbocycles. The summed E-state index contributed by atoms with van der Waals surface area (Å²) in [5.41, 5.74) is 4.44. The largest absolute Gasteiger partial charge is 0.491 e. The van der Waals surface area contributed by atoms with E-state index in [9.17, 15) is 26.3 Å². The van der Waals surface area contributed by atoms with Gasteiger partial charge in [-0.25, -0.2) is 0 Å². The molecule has 2 aromatic carbocycles. The number of ether oxygens (including phenoxy) is 1. The zero-order valence-electron chi connectivity index (χ0n) is 17.1. The topological polar surface area (TPSA) is 75.7 Å². The maximum absolute atomic E-state index is 13.5. The van der Waals surface area contributed by atoms with Crippen molar-refractivity contribution in [2.45, 2.75) is 38.0 Å². The minimum atomic E-state index is -4.73. The predicted octanol–water partition coefficient (Wildman–Crippen LogP) is 4.85. The van der Waals surface area contributed by atoms with E-state index in [0.717, 1.165) is 18.2 Å². The summed E-state index contributed by atoms with van der Waals surface area (Å²) in [7, 11) is 0. The Balaban J connectivity index is 2.07. The van der Waals surface area contributed by atoms with Gasteiger partial charge in [0.05, 0.1) is 23.4 Å². The van der Waals surface area contributed by atoms with Crippen LogP contribution in [0.15, 0.2) is 36.4 Å². The highest BCUT2D eigenvalue weighted by Crippen LogP contribution is 2.41. The van der Waals surface area contributed by atoms with Gasteiger partial charge in [-0.1, -0.05) is 18.2 Å². The number of nitrogen functional groups attached to an aromatic ring is 1. The van der Waals surface area contributed by atoms with Crippen LogP contribution in [0.25, 0.3) is 0 Å². The first-order chi connectivity index (χ1) is 15.0. The van der Waals surface area contributed by atoms with Crippen molar-refractivity contribution in [3.05, 3.63) is 58.7 Å². The van der Waals surface area contributed by atoms with Gasteiger partial charge in [0.15, 0.2) is 5.75 Å². The van der Waals surface area contributed by atoms with Crippen LogP contribution in [0.1, 0.15) is 35.1 Å². The summed E-state index contributed by atoms with van der Waals surface area (Å²) in [4.78, 5) is 0. The van der Waals surface area contributed by atoms with Gasteiger partial charge in [0.1, 0.15) is 0 Å². The maximum Gasteiger partial charge on any atom is 0.420 e. The normalized spacial score (nSPS) is 12.4. The summed E-state index contributed by atoms with van der Waals surface area (Å²) in [6, 6.07) is 6.99. The average Bonchev–Trinajstić information content (AvgIpc) is 2.71. The van der Waals surface area contributed by atoms with Gasteiger partial charge in [-0.2, -0.15) is 26.3 Å². The minimum Gasteiger partial charge on any atom is -0.491 e. The van der Waals surface area contributed by atoms with Crippen LogP contribution < -0.4 is 10.5 Å². The number of rotatable bonds is 10. The lowest BCUT2D eigenvalue weighted by molar-refractivity contribution is -0.139. The number of halogens is 6. The fourth-order valence-electron chi connectivity index (χ4n) is 3.19. The van der Waals surface area contributed by atoms with Gasteiger partial charge in [-0.15, -0.1) is 0 Å². The Morgan fingerprint density at radius 2 is 1.56 bits per heavy atom. The van der Waals surface area contributed by atoms with Crippen molar-refractivity contribution in [1.82, 2.24) is 0 Å². The van der Waals surface area contributed by atoms with Gasteiger partial charge in [-0.05, 0) is 55.0 Å². The number of aryl methyl sites for hydroxylation is 2. The molecule has 0 aliphatic carbocycles. The standard InChI is InChI=1S/C22H25F6NO3/c23-21(24,25)17-5-1-3-14(9-17)4-2-8-32-20-18(22(26,27)28)10-15(11-19(20)29)6-7-16(12-30)13-31/h1,3,5,9-11,16,30-31H,2,4,6-8,12-13,29H2. The van der Waals surface area contributed by atoms with Crippen LogP contribution in [0.2, 0.25) is 0 Å². The van der Waals surface area contributed by atoms with Crippen molar-refractivity contribution in [1.29, 1.82) is 0 Å². The lowest BCUT2D eigenvalue weighted by Gasteiger charge is -2.18. The van der Waals surface area contributed by atoms with E-state index in [1.807, 2.05) is 0 Å². The molecule has 0 aliphatic heterocycles. The number of aliphatic hydroxyl groups excluding tert-OH is 2. The first kappa shape index (κ1) is 25.8. The highest BCUT2D eigenvalue weighted by Gasteiger charge is 2.36. The monoisotopic (exact) mass is 465 g/mol. The SMILES string of the molecule is Nc1cc(CCC(CO)CO)cc(C(F)(F)F)c1OCCCc1cccc(C(F)(F)F)c1. The zero-order valence-corrected chi connectivity index (χ0v) is 17.1. The number of hydrogen-bond acceptors (Lipinski definition) is 4. The first-order valence-corrected chi connectivity index (χ1v) is 9.96. The molecule has 0 aromatic heterocycles. The van der Waals surface area contributed by atoms with Crippen LogP contribution in [0.4, 0.5) is 32.0 Å². The molecule has 0 bridgehead atoms. The Morgan fingerprint density at radius 1 is 0.875 bits per heavy atom. The van der Waals surface area contributed by atoms with Crippen LogP contribution in [0, 0.1) is 5.92 Å². The fourth-order valence-corrected chi connectivity index (χ4v) is 3.19. The Kier molecular flexibility index (Phi) is 8.80. The molecular weight excluding hydrogens is 440 g/mol. The minimum absolute atomic E-state index is 0.167. The third kappa shape index (κ3) is 7.30. The van der Waals surface area contributed by atoms with E-state index < -0.39 is 35.1 Å². The highest BCUT2D eigenvalue weighted by molar-refractivity contribution is 5.60. The molecule has 0 unspecified atom stereocenters. The molecule has 0 heterocycles.